The summed E-state index contributed by atoms with van der Waals surface area (Å²) >= 11 is 0. The van der Waals surface area contributed by atoms with E-state index in [0.29, 0.717) is 34.5 Å². The van der Waals surface area contributed by atoms with Crippen LogP contribution >= 0.6 is 0 Å². The van der Waals surface area contributed by atoms with E-state index in [-0.39, 0.29) is 0 Å². The molecule has 0 aromatic heterocycles. The van der Waals surface area contributed by atoms with Gasteiger partial charge in [0.1, 0.15) is 0 Å². The minimum atomic E-state index is -3.92. The minimum Gasteiger partial charge on any atom is -0.177 e. The monoisotopic (exact) mass is 829 g/mol. The summed E-state index contributed by atoms with van der Waals surface area (Å²) in [7, 11) is -2.86. The molecule has 0 unspecified atom stereocenters. The van der Waals surface area contributed by atoms with E-state index in [1.807, 2.05) is 0 Å². The average Bonchev–Trinajstić information content (AvgIpc) is 2.91. The molecule has 0 saturated heterocycles. The van der Waals surface area contributed by atoms with Gasteiger partial charge >= 0.3 is 5.80 Å². The number of allylic oxidation sites excluding steroid dienone is 10. The molecule has 0 heterocycles. The van der Waals surface area contributed by atoms with Crippen molar-refractivity contribution in [3.8, 4) is 0 Å². The molecule has 0 aliphatic rings. The normalized spacial score (nSPS) is 12.0. The lowest BCUT2D eigenvalue weighted by Gasteiger charge is -2.28. The van der Waals surface area contributed by atoms with Gasteiger partial charge in [0.05, 0.1) is 0 Å². The number of hydrogen-bond acceptors (Lipinski definition) is 0. The average molecular weight is 830 g/mol. The summed E-state index contributed by atoms with van der Waals surface area (Å²) in [4.78, 5) is 0. The van der Waals surface area contributed by atoms with Gasteiger partial charge < -0.3 is 0 Å². The molecule has 4 heteroatoms. The third-order valence-corrected chi connectivity index (χ3v) is 11.5. The first kappa shape index (κ1) is 67.5. The Morgan fingerprint density at radius 3 is 0.807 bits per heavy atom. The van der Waals surface area contributed by atoms with Crippen molar-refractivity contribution in [3.05, 3.63) is 56.7 Å². The molecular formula is C53H107F3Si. The molecule has 0 rings (SSSR count). The first-order valence-corrected chi connectivity index (χ1v) is 26.0. The third kappa shape index (κ3) is 35.2. The highest BCUT2D eigenvalue weighted by atomic mass is 28.3. The van der Waals surface area contributed by atoms with Gasteiger partial charge in [-0.25, -0.2) is 0 Å². The summed E-state index contributed by atoms with van der Waals surface area (Å²) in [5, 5.41) is 0. The van der Waals surface area contributed by atoms with Crippen LogP contribution in [0.25, 0.3) is 0 Å². The smallest absolute Gasteiger partial charge is 0.177 e. The van der Waals surface area contributed by atoms with Crippen molar-refractivity contribution in [1.82, 2.24) is 0 Å². The Hall–Kier alpha value is -1.29. The Balaban J connectivity index is -0.000000137. The fourth-order valence-electron chi connectivity index (χ4n) is 8.32. The zero-order valence-electron chi connectivity index (χ0n) is 45.0. The number of alkyl halides is 3. The first-order valence-electron chi connectivity index (χ1n) is 22.5. The molecule has 0 amide bonds. The van der Waals surface area contributed by atoms with Gasteiger partial charge in [0.25, 0.3) is 0 Å². The number of hydrogen-bond donors (Lipinski definition) is 0. The second-order valence-electron chi connectivity index (χ2n) is 21.6. The van der Waals surface area contributed by atoms with Gasteiger partial charge in [-0.05, 0) is 114 Å². The zero-order valence-corrected chi connectivity index (χ0v) is 46.0. The molecule has 0 bridgehead atoms. The molecule has 0 atom stereocenters. The van der Waals surface area contributed by atoms with Crippen molar-refractivity contribution >= 4 is 8.07 Å². The van der Waals surface area contributed by atoms with Crippen LogP contribution in [0.4, 0.5) is 13.2 Å². The molecule has 0 nitrogen and oxygen atoms in total. The molecule has 0 radical (unpaired) electrons. The quantitative estimate of drug-likeness (QED) is 0.169. The zero-order chi connectivity index (χ0) is 47.8. The fraction of sp³-hybridized carbons (Fsp3) is 0.811. The summed E-state index contributed by atoms with van der Waals surface area (Å²) in [6, 6.07) is 0. The molecule has 0 N–H and O–H groups in total. The number of halogens is 3. The van der Waals surface area contributed by atoms with E-state index in [1.54, 1.807) is 27.9 Å². The predicted octanol–water partition coefficient (Wildman–Crippen LogP) is 20.4. The molecule has 344 valence electrons. The van der Waals surface area contributed by atoms with E-state index in [2.05, 4.69) is 213 Å². The van der Waals surface area contributed by atoms with Gasteiger partial charge in [-0.3, -0.25) is 0 Å². The maximum Gasteiger partial charge on any atom is 0.360 e. The summed E-state index contributed by atoms with van der Waals surface area (Å²) in [5.41, 5.74) is 13.1. The largest absolute Gasteiger partial charge is 0.360 e. The van der Waals surface area contributed by atoms with E-state index < -0.39 is 13.9 Å². The maximum atomic E-state index is 11.6. The molecule has 0 saturated carbocycles. The maximum absolute atomic E-state index is 11.6. The van der Waals surface area contributed by atoms with E-state index >= 15 is 0 Å². The van der Waals surface area contributed by atoms with Gasteiger partial charge in [-0.15, -0.1) is 0 Å². The van der Waals surface area contributed by atoms with Crippen LogP contribution in [0.5, 0.6) is 0 Å². The third-order valence-electron chi connectivity index (χ3n) is 9.78. The van der Waals surface area contributed by atoms with Crippen molar-refractivity contribution in [2.24, 2.45) is 52.3 Å². The fourth-order valence-corrected chi connectivity index (χ4v) is 8.32. The van der Waals surface area contributed by atoms with Gasteiger partial charge in [-0.1, -0.05) is 222 Å². The Morgan fingerprint density at radius 2 is 0.807 bits per heavy atom. The van der Waals surface area contributed by atoms with Gasteiger partial charge in [0.2, 0.25) is 0 Å². The minimum absolute atomic E-state index is 0.340. The van der Waals surface area contributed by atoms with E-state index in [4.69, 9.17) is 0 Å². The van der Waals surface area contributed by atoms with Crippen molar-refractivity contribution in [3.63, 3.8) is 0 Å². The van der Waals surface area contributed by atoms with Gasteiger partial charge in [-0.2, -0.15) is 13.2 Å². The predicted molar refractivity (Wildman–Crippen MR) is 265 cm³/mol. The standard InChI is InChI=1S/C11H22.2C10H20.2C9H18.C4H9F3Si/c1-8(2)10(9(3)4)11(5,6)7;1-7-9(8(2)3)10(4,5)6;1-7(2)10(8(3)4)9(5)6;2*1-6-9(7(2)3)8(4)5;1-8(2,3)4(5,6)7/h8H,1-7H3;2*7-8H,1-6H3;7H,6H2,1-5H3;6-8H,1-5H3;1-3H3/b;9-7-;;;;. The summed E-state index contributed by atoms with van der Waals surface area (Å²) in [5.74, 6) is 1.04. The van der Waals surface area contributed by atoms with Crippen LogP contribution in [0.15, 0.2) is 56.7 Å². The summed E-state index contributed by atoms with van der Waals surface area (Å²) < 4.78 is 34.9. The van der Waals surface area contributed by atoms with Crippen molar-refractivity contribution < 1.29 is 13.2 Å². The topological polar surface area (TPSA) is 0 Å². The second kappa shape index (κ2) is 31.6. The molecule has 0 aliphatic heterocycles. The SMILES string of the molecule is C/C=C(/C(C)C)C(C)(C)C.CC(C)=C(C(C)C)C(C)(C)C.CC(C)=C(C(C)C)C(C)C.CC=C(C(C)C)C(C)C.CCC(=C(C)C)C(C)C.C[Si](C)(C)C(F)(F)F. The number of rotatable bonds is 8. The van der Waals surface area contributed by atoms with Crippen LogP contribution < -0.4 is 0 Å². The lowest BCUT2D eigenvalue weighted by atomic mass is 9.78. The van der Waals surface area contributed by atoms with Crippen molar-refractivity contribution in [1.29, 1.82) is 0 Å². The van der Waals surface area contributed by atoms with E-state index in [0.717, 1.165) is 17.8 Å². The summed E-state index contributed by atoms with van der Waals surface area (Å²) in [6.45, 7) is 68.8. The van der Waals surface area contributed by atoms with Crippen LogP contribution in [0.2, 0.25) is 19.6 Å². The van der Waals surface area contributed by atoms with Gasteiger partial charge in [0.15, 0.2) is 8.07 Å². The van der Waals surface area contributed by atoms with Crippen molar-refractivity contribution in [2.75, 3.05) is 0 Å². The Morgan fingerprint density at radius 1 is 0.474 bits per heavy atom. The molecule has 57 heavy (non-hydrogen) atoms. The highest BCUT2D eigenvalue weighted by Crippen LogP contribution is 2.34. The van der Waals surface area contributed by atoms with E-state index in [1.165, 1.54) is 42.8 Å². The Bertz CT molecular complexity index is 1140. The molecule has 0 aromatic rings. The molecular weight excluding hydrogens is 722 g/mol. The van der Waals surface area contributed by atoms with Crippen LogP contribution in [0.1, 0.15) is 207 Å². The van der Waals surface area contributed by atoms with Crippen LogP contribution in [0.3, 0.4) is 0 Å². The van der Waals surface area contributed by atoms with Crippen molar-refractivity contribution in [2.45, 2.75) is 233 Å². The second-order valence-corrected chi connectivity index (χ2v) is 26.7. The Kier molecular flexibility index (Phi) is 37.4. The van der Waals surface area contributed by atoms with Crippen LogP contribution in [-0.4, -0.2) is 13.9 Å². The lowest BCUT2D eigenvalue weighted by Crippen LogP contribution is -2.40. The Labute approximate surface area is 361 Å². The summed E-state index contributed by atoms with van der Waals surface area (Å²) in [6.07, 6.45) is 5.68. The molecule has 0 fully saturated rings. The van der Waals surface area contributed by atoms with Crippen LogP contribution in [0, 0.1) is 52.3 Å². The van der Waals surface area contributed by atoms with E-state index in [9.17, 15) is 13.2 Å². The molecule has 0 aliphatic carbocycles. The highest BCUT2D eigenvalue weighted by molar-refractivity contribution is 6.77. The molecule has 0 spiro atoms. The molecule has 0 aromatic carbocycles. The first-order chi connectivity index (χ1) is 25.1. The highest BCUT2D eigenvalue weighted by Gasteiger charge is 2.45. The van der Waals surface area contributed by atoms with Gasteiger partial charge in [0, 0.05) is 0 Å². The van der Waals surface area contributed by atoms with Crippen LogP contribution in [-0.2, 0) is 0 Å². The lowest BCUT2D eigenvalue weighted by molar-refractivity contribution is -0.0552.